The van der Waals surface area contributed by atoms with Crippen molar-refractivity contribution in [3.63, 3.8) is 0 Å². The summed E-state index contributed by atoms with van der Waals surface area (Å²) < 4.78 is 21.0. The third kappa shape index (κ3) is 3.24. The number of nitrogen functional groups attached to an aromatic ring is 1. The van der Waals surface area contributed by atoms with Gasteiger partial charge in [0, 0.05) is 7.05 Å². The molecule has 0 fully saturated rings. The van der Waals surface area contributed by atoms with Crippen LogP contribution in [0.3, 0.4) is 0 Å². The highest BCUT2D eigenvalue weighted by Crippen LogP contribution is 2.22. The van der Waals surface area contributed by atoms with Crippen molar-refractivity contribution in [2.45, 2.75) is 20.0 Å². The standard InChI is InChI=1S/C14H15BrFN3O2/c1-3-11-13(15)12(19(2)18-11)7-21-14(20)8-4-5-10(17)9(16)6-8/h4-6H,3,7,17H2,1-2H3. The molecule has 5 nitrogen and oxygen atoms in total. The lowest BCUT2D eigenvalue weighted by atomic mass is 10.2. The molecule has 0 spiro atoms. The van der Waals surface area contributed by atoms with Crippen molar-refractivity contribution in [1.82, 2.24) is 9.78 Å². The van der Waals surface area contributed by atoms with Crippen molar-refractivity contribution >= 4 is 27.6 Å². The number of nitrogens with zero attached hydrogens (tertiary/aromatic N) is 2. The second-order valence-corrected chi connectivity index (χ2v) is 5.29. The van der Waals surface area contributed by atoms with Gasteiger partial charge in [-0.15, -0.1) is 0 Å². The summed E-state index contributed by atoms with van der Waals surface area (Å²) in [6.45, 7) is 2.04. The fourth-order valence-electron chi connectivity index (χ4n) is 1.85. The largest absolute Gasteiger partial charge is 0.456 e. The van der Waals surface area contributed by atoms with Crippen LogP contribution < -0.4 is 5.73 Å². The van der Waals surface area contributed by atoms with Crippen molar-refractivity contribution in [3.05, 3.63) is 45.4 Å². The SMILES string of the molecule is CCc1nn(C)c(COC(=O)c2ccc(N)c(F)c2)c1Br. The Hall–Kier alpha value is -1.89. The van der Waals surface area contributed by atoms with E-state index in [4.69, 9.17) is 10.5 Å². The lowest BCUT2D eigenvalue weighted by molar-refractivity contribution is 0.0462. The minimum absolute atomic E-state index is 0.00600. The van der Waals surface area contributed by atoms with Crippen LogP contribution >= 0.6 is 15.9 Å². The number of hydrogen-bond donors (Lipinski definition) is 1. The molecule has 1 heterocycles. The van der Waals surface area contributed by atoms with Gasteiger partial charge in [-0.3, -0.25) is 4.68 Å². The van der Waals surface area contributed by atoms with E-state index in [1.165, 1.54) is 12.1 Å². The molecular weight excluding hydrogens is 341 g/mol. The topological polar surface area (TPSA) is 70.1 Å². The molecule has 2 N–H and O–H groups in total. The number of rotatable bonds is 4. The van der Waals surface area contributed by atoms with Crippen molar-refractivity contribution in [3.8, 4) is 0 Å². The molecule has 0 atom stereocenters. The molecule has 1 aromatic heterocycles. The molecular formula is C14H15BrFN3O2. The maximum atomic E-state index is 13.3. The Morgan fingerprint density at radius 1 is 1.52 bits per heavy atom. The van der Waals surface area contributed by atoms with E-state index in [0.29, 0.717) is 0 Å². The zero-order valence-corrected chi connectivity index (χ0v) is 13.3. The molecule has 21 heavy (non-hydrogen) atoms. The summed E-state index contributed by atoms with van der Waals surface area (Å²) >= 11 is 3.44. The maximum absolute atomic E-state index is 13.3. The number of carbonyl (C=O) groups is 1. The van der Waals surface area contributed by atoms with Crippen LogP contribution in [0.4, 0.5) is 10.1 Å². The van der Waals surface area contributed by atoms with E-state index in [2.05, 4.69) is 21.0 Å². The van der Waals surface area contributed by atoms with Crippen LogP contribution in [0.1, 0.15) is 28.7 Å². The fraction of sp³-hybridized carbons (Fsp3) is 0.286. The molecule has 112 valence electrons. The predicted molar refractivity (Wildman–Crippen MR) is 80.2 cm³/mol. The second-order valence-electron chi connectivity index (χ2n) is 4.50. The van der Waals surface area contributed by atoms with Gasteiger partial charge >= 0.3 is 5.97 Å². The Labute approximate surface area is 130 Å². The number of halogens is 2. The molecule has 2 aromatic rings. The summed E-state index contributed by atoms with van der Waals surface area (Å²) in [5.41, 5.74) is 7.12. The molecule has 1 aromatic carbocycles. The first-order chi connectivity index (χ1) is 9.93. The summed E-state index contributed by atoms with van der Waals surface area (Å²) in [6, 6.07) is 3.82. The van der Waals surface area contributed by atoms with Crippen LogP contribution in [0.15, 0.2) is 22.7 Å². The van der Waals surface area contributed by atoms with E-state index < -0.39 is 11.8 Å². The molecule has 2 rings (SSSR count). The Morgan fingerprint density at radius 2 is 2.24 bits per heavy atom. The van der Waals surface area contributed by atoms with Gasteiger partial charge < -0.3 is 10.5 Å². The molecule has 0 aliphatic heterocycles. The normalized spacial score (nSPS) is 10.7. The summed E-state index contributed by atoms with van der Waals surface area (Å²) in [6.07, 6.45) is 0.769. The molecule has 0 unspecified atom stereocenters. The van der Waals surface area contributed by atoms with Crippen LogP contribution in [0.25, 0.3) is 0 Å². The van der Waals surface area contributed by atoms with Gasteiger partial charge in [-0.2, -0.15) is 5.10 Å². The zero-order valence-electron chi connectivity index (χ0n) is 11.7. The van der Waals surface area contributed by atoms with E-state index in [9.17, 15) is 9.18 Å². The molecule has 0 amide bonds. The average molecular weight is 356 g/mol. The first kappa shape index (κ1) is 15.5. The van der Waals surface area contributed by atoms with Gasteiger partial charge in [0.25, 0.3) is 0 Å². The minimum atomic E-state index is -0.639. The van der Waals surface area contributed by atoms with E-state index >= 15 is 0 Å². The number of anilines is 1. The Balaban J connectivity index is 2.11. The molecule has 0 bridgehead atoms. The first-order valence-electron chi connectivity index (χ1n) is 6.36. The van der Waals surface area contributed by atoms with E-state index in [-0.39, 0.29) is 17.9 Å². The van der Waals surface area contributed by atoms with Crippen molar-refractivity contribution in [1.29, 1.82) is 0 Å². The molecule has 0 radical (unpaired) electrons. The van der Waals surface area contributed by atoms with Gasteiger partial charge in [-0.05, 0) is 40.5 Å². The summed E-state index contributed by atoms with van der Waals surface area (Å²) in [4.78, 5) is 11.9. The number of aryl methyl sites for hydroxylation is 2. The fourth-order valence-corrected chi connectivity index (χ4v) is 2.58. The van der Waals surface area contributed by atoms with Gasteiger partial charge in [-0.25, -0.2) is 9.18 Å². The van der Waals surface area contributed by atoms with Gasteiger partial charge in [0.05, 0.1) is 27.1 Å². The third-order valence-electron chi connectivity index (χ3n) is 3.08. The van der Waals surface area contributed by atoms with E-state index in [0.717, 1.165) is 28.3 Å². The molecule has 7 heteroatoms. The van der Waals surface area contributed by atoms with Crippen molar-refractivity contribution in [2.24, 2.45) is 7.05 Å². The van der Waals surface area contributed by atoms with Crippen molar-refractivity contribution < 1.29 is 13.9 Å². The Bertz CT molecular complexity index is 685. The number of hydrogen-bond acceptors (Lipinski definition) is 4. The van der Waals surface area contributed by atoms with Gasteiger partial charge in [-0.1, -0.05) is 6.92 Å². The number of nitrogens with two attached hydrogens (primary N) is 1. The predicted octanol–water partition coefficient (Wildman–Crippen LogP) is 2.82. The number of benzene rings is 1. The first-order valence-corrected chi connectivity index (χ1v) is 7.15. The highest BCUT2D eigenvalue weighted by molar-refractivity contribution is 9.10. The smallest absolute Gasteiger partial charge is 0.338 e. The van der Waals surface area contributed by atoms with Gasteiger partial charge in [0.15, 0.2) is 0 Å². The number of ether oxygens (including phenoxy) is 1. The lowest BCUT2D eigenvalue weighted by Crippen LogP contribution is -2.09. The quantitative estimate of drug-likeness (QED) is 0.676. The zero-order chi connectivity index (χ0) is 15.6. The number of carbonyl (C=O) groups excluding carboxylic acids is 1. The average Bonchev–Trinajstić information content (AvgIpc) is 2.73. The Morgan fingerprint density at radius 3 is 2.81 bits per heavy atom. The van der Waals surface area contributed by atoms with Crippen molar-refractivity contribution in [2.75, 3.05) is 5.73 Å². The number of aromatic nitrogens is 2. The summed E-state index contributed by atoms with van der Waals surface area (Å²) in [5, 5.41) is 4.31. The van der Waals surface area contributed by atoms with Crippen LogP contribution in [-0.2, 0) is 24.8 Å². The highest BCUT2D eigenvalue weighted by atomic mass is 79.9. The highest BCUT2D eigenvalue weighted by Gasteiger charge is 2.16. The molecule has 0 aliphatic carbocycles. The molecule has 0 saturated heterocycles. The molecule has 0 saturated carbocycles. The monoisotopic (exact) mass is 355 g/mol. The van der Waals surface area contributed by atoms with Crippen LogP contribution in [0.2, 0.25) is 0 Å². The summed E-state index contributed by atoms with van der Waals surface area (Å²) in [5.74, 6) is -1.25. The number of esters is 1. The van der Waals surface area contributed by atoms with Gasteiger partial charge in [0.1, 0.15) is 12.4 Å². The van der Waals surface area contributed by atoms with E-state index in [1.807, 2.05) is 6.92 Å². The van der Waals surface area contributed by atoms with Crippen LogP contribution in [-0.4, -0.2) is 15.7 Å². The lowest BCUT2D eigenvalue weighted by Gasteiger charge is -2.06. The second kappa shape index (κ2) is 6.26. The van der Waals surface area contributed by atoms with Gasteiger partial charge in [0.2, 0.25) is 0 Å². The maximum Gasteiger partial charge on any atom is 0.338 e. The van der Waals surface area contributed by atoms with E-state index in [1.54, 1.807) is 11.7 Å². The third-order valence-corrected chi connectivity index (χ3v) is 3.99. The minimum Gasteiger partial charge on any atom is -0.456 e. The van der Waals surface area contributed by atoms with Crippen LogP contribution in [0.5, 0.6) is 0 Å². The Kier molecular flexibility index (Phi) is 4.62. The molecule has 0 aliphatic rings. The summed E-state index contributed by atoms with van der Waals surface area (Å²) in [7, 11) is 1.77. The van der Waals surface area contributed by atoms with Crippen LogP contribution in [0, 0.1) is 5.82 Å².